The topological polar surface area (TPSA) is 70.0 Å². The molecule has 0 aliphatic heterocycles. The molecule has 0 bridgehead atoms. The number of sulfonamides is 1. The van der Waals surface area contributed by atoms with Crippen LogP contribution >= 0.6 is 23.2 Å². The molecule has 1 aromatic rings. The quantitative estimate of drug-likeness (QED) is 0.667. The molecule has 0 saturated heterocycles. The number of halogens is 2. The molecule has 17 heavy (non-hydrogen) atoms. The Morgan fingerprint density at radius 2 is 2.12 bits per heavy atom. The zero-order valence-corrected chi connectivity index (χ0v) is 11.1. The lowest BCUT2D eigenvalue weighted by molar-refractivity contribution is 0.581. The number of nitrogens with one attached hydrogen (secondary N) is 1. The van der Waals surface area contributed by atoms with Gasteiger partial charge in [0.15, 0.2) is 0 Å². The molecule has 1 N–H and O–H groups in total. The van der Waals surface area contributed by atoms with E-state index in [0.29, 0.717) is 12.3 Å². The Hall–Kier alpha value is -0.800. The fourth-order valence-corrected chi connectivity index (χ4v) is 2.86. The van der Waals surface area contributed by atoms with Gasteiger partial charge in [-0.2, -0.15) is 5.26 Å². The molecule has 0 amide bonds. The van der Waals surface area contributed by atoms with Crippen LogP contribution in [-0.2, 0) is 10.0 Å². The average molecular weight is 293 g/mol. The largest absolute Gasteiger partial charge is 0.242 e. The molecule has 0 radical (unpaired) electrons. The van der Waals surface area contributed by atoms with E-state index in [1.165, 1.54) is 18.2 Å². The first-order valence-corrected chi connectivity index (χ1v) is 7.16. The summed E-state index contributed by atoms with van der Waals surface area (Å²) in [6, 6.07) is 5.95. The van der Waals surface area contributed by atoms with Crippen LogP contribution in [-0.4, -0.2) is 20.8 Å². The highest BCUT2D eigenvalue weighted by Crippen LogP contribution is 2.22. The lowest BCUT2D eigenvalue weighted by Crippen LogP contribution is -2.25. The summed E-state index contributed by atoms with van der Waals surface area (Å²) < 4.78 is 26.1. The number of nitriles is 1. The van der Waals surface area contributed by atoms with Crippen LogP contribution in [0.5, 0.6) is 0 Å². The molecule has 1 rings (SSSR count). The second-order valence-corrected chi connectivity index (χ2v) is 5.72. The van der Waals surface area contributed by atoms with Crippen molar-refractivity contribution in [3.8, 4) is 6.07 Å². The third kappa shape index (κ3) is 3.86. The fraction of sp³-hybridized carbons (Fsp3) is 0.300. The Bertz CT molecular complexity index is 538. The molecule has 0 aromatic heterocycles. The highest BCUT2D eigenvalue weighted by atomic mass is 35.5. The predicted molar refractivity (Wildman–Crippen MR) is 66.7 cm³/mol. The van der Waals surface area contributed by atoms with Gasteiger partial charge in [0.1, 0.15) is 4.90 Å². The molecular formula is C10H10Cl2N2O2S. The van der Waals surface area contributed by atoms with Crippen molar-refractivity contribution in [1.82, 2.24) is 4.72 Å². The minimum absolute atomic E-state index is 0.0855. The monoisotopic (exact) mass is 292 g/mol. The third-order valence-electron chi connectivity index (χ3n) is 1.95. The molecule has 1 aromatic carbocycles. The van der Waals surface area contributed by atoms with Gasteiger partial charge in [0.25, 0.3) is 0 Å². The van der Waals surface area contributed by atoms with E-state index in [-0.39, 0.29) is 22.0 Å². The van der Waals surface area contributed by atoms with Crippen LogP contribution in [0.2, 0.25) is 5.02 Å². The second kappa shape index (κ2) is 6.22. The van der Waals surface area contributed by atoms with Crippen molar-refractivity contribution in [2.45, 2.75) is 11.3 Å². The maximum atomic E-state index is 11.8. The Balaban J connectivity index is 3.02. The second-order valence-electron chi connectivity index (χ2n) is 3.20. The van der Waals surface area contributed by atoms with Crippen LogP contribution in [0.1, 0.15) is 12.0 Å². The van der Waals surface area contributed by atoms with Crippen molar-refractivity contribution in [1.29, 1.82) is 5.26 Å². The smallest absolute Gasteiger partial charge is 0.211 e. The van der Waals surface area contributed by atoms with Crippen LogP contribution in [0.15, 0.2) is 23.1 Å². The molecule has 0 spiro atoms. The third-order valence-corrected chi connectivity index (χ3v) is 4.16. The SMILES string of the molecule is N#Cc1ccc(Cl)c(S(=O)(=O)NCCCCl)c1. The fourth-order valence-electron chi connectivity index (χ4n) is 1.13. The average Bonchev–Trinajstić information content (AvgIpc) is 2.29. The minimum atomic E-state index is -3.69. The van der Waals surface area contributed by atoms with Gasteiger partial charge in [0.05, 0.1) is 16.7 Å². The molecule has 92 valence electrons. The van der Waals surface area contributed by atoms with Gasteiger partial charge in [-0.25, -0.2) is 13.1 Å². The summed E-state index contributed by atoms with van der Waals surface area (Å²) in [6.07, 6.45) is 0.524. The van der Waals surface area contributed by atoms with Crippen LogP contribution in [0.4, 0.5) is 0 Å². The molecule has 0 fully saturated rings. The maximum Gasteiger partial charge on any atom is 0.242 e. The number of rotatable bonds is 5. The molecule has 0 atom stereocenters. The molecule has 0 aliphatic carbocycles. The van der Waals surface area contributed by atoms with Crippen molar-refractivity contribution < 1.29 is 8.42 Å². The number of hydrogen-bond acceptors (Lipinski definition) is 3. The summed E-state index contributed by atoms with van der Waals surface area (Å²) in [5.74, 6) is 0.370. The summed E-state index contributed by atoms with van der Waals surface area (Å²) in [4.78, 5) is -0.0900. The predicted octanol–water partition coefficient (Wildman–Crippen LogP) is 2.12. The van der Waals surface area contributed by atoms with Crippen LogP contribution in [0.25, 0.3) is 0 Å². The zero-order valence-electron chi connectivity index (χ0n) is 8.78. The van der Waals surface area contributed by atoms with Crippen molar-refractivity contribution in [2.24, 2.45) is 0 Å². The van der Waals surface area contributed by atoms with E-state index in [4.69, 9.17) is 28.5 Å². The summed E-state index contributed by atoms with van der Waals surface area (Å²) in [6.45, 7) is 0.235. The Morgan fingerprint density at radius 1 is 1.41 bits per heavy atom. The van der Waals surface area contributed by atoms with Crippen molar-refractivity contribution >= 4 is 33.2 Å². The van der Waals surface area contributed by atoms with Gasteiger partial charge in [-0.05, 0) is 24.6 Å². The van der Waals surface area contributed by atoms with E-state index in [2.05, 4.69) is 4.72 Å². The normalized spacial score (nSPS) is 11.1. The number of alkyl halides is 1. The van der Waals surface area contributed by atoms with Gasteiger partial charge in [0, 0.05) is 12.4 Å². The molecule has 4 nitrogen and oxygen atoms in total. The Kier molecular flexibility index (Phi) is 5.22. The molecule has 0 aliphatic rings. The van der Waals surface area contributed by atoms with E-state index in [1.807, 2.05) is 6.07 Å². The van der Waals surface area contributed by atoms with E-state index in [9.17, 15) is 8.42 Å². The van der Waals surface area contributed by atoms with E-state index >= 15 is 0 Å². The van der Waals surface area contributed by atoms with E-state index in [0.717, 1.165) is 0 Å². The lowest BCUT2D eigenvalue weighted by atomic mass is 10.2. The van der Waals surface area contributed by atoms with Gasteiger partial charge in [-0.3, -0.25) is 0 Å². The summed E-state index contributed by atoms with van der Waals surface area (Å²) in [5.41, 5.74) is 0.243. The molecular weight excluding hydrogens is 283 g/mol. The zero-order chi connectivity index (χ0) is 12.9. The van der Waals surface area contributed by atoms with Gasteiger partial charge >= 0.3 is 0 Å². The summed E-state index contributed by atoms with van der Waals surface area (Å²) >= 11 is 11.2. The van der Waals surface area contributed by atoms with Gasteiger partial charge in [-0.15, -0.1) is 11.6 Å². The Labute approximate surface area is 110 Å². The maximum absolute atomic E-state index is 11.8. The van der Waals surface area contributed by atoms with E-state index < -0.39 is 10.0 Å². The highest BCUT2D eigenvalue weighted by Gasteiger charge is 2.17. The first-order valence-electron chi connectivity index (χ1n) is 4.76. The molecule has 0 unspecified atom stereocenters. The Morgan fingerprint density at radius 3 is 2.71 bits per heavy atom. The molecule has 0 heterocycles. The van der Waals surface area contributed by atoms with Crippen LogP contribution < -0.4 is 4.72 Å². The van der Waals surface area contributed by atoms with Crippen molar-refractivity contribution in [3.05, 3.63) is 28.8 Å². The standard InChI is InChI=1S/C10H10Cl2N2O2S/c11-4-1-5-14-17(15,16)10-6-8(7-13)2-3-9(10)12/h2-3,6,14H,1,4-5H2. The van der Waals surface area contributed by atoms with Gasteiger partial charge < -0.3 is 0 Å². The van der Waals surface area contributed by atoms with Gasteiger partial charge in [-0.1, -0.05) is 11.6 Å². The summed E-state index contributed by atoms with van der Waals surface area (Å²) in [7, 11) is -3.69. The van der Waals surface area contributed by atoms with Crippen LogP contribution in [0, 0.1) is 11.3 Å². The number of benzene rings is 1. The number of hydrogen-bond donors (Lipinski definition) is 1. The lowest BCUT2D eigenvalue weighted by Gasteiger charge is -2.07. The van der Waals surface area contributed by atoms with E-state index in [1.54, 1.807) is 0 Å². The van der Waals surface area contributed by atoms with Crippen molar-refractivity contribution in [3.63, 3.8) is 0 Å². The molecule has 7 heteroatoms. The first kappa shape index (κ1) is 14.3. The molecule has 0 saturated carbocycles. The highest BCUT2D eigenvalue weighted by molar-refractivity contribution is 7.89. The summed E-state index contributed by atoms with van der Waals surface area (Å²) in [5, 5.41) is 8.79. The van der Waals surface area contributed by atoms with Crippen molar-refractivity contribution in [2.75, 3.05) is 12.4 Å². The first-order chi connectivity index (χ1) is 8.01. The van der Waals surface area contributed by atoms with Crippen LogP contribution in [0.3, 0.4) is 0 Å². The van der Waals surface area contributed by atoms with Gasteiger partial charge in [0.2, 0.25) is 10.0 Å². The minimum Gasteiger partial charge on any atom is -0.211 e. The number of nitrogens with zero attached hydrogens (tertiary/aromatic N) is 1.